The molecule has 1 nitrogen and oxygen atoms in total. The summed E-state index contributed by atoms with van der Waals surface area (Å²) in [7, 11) is 0. The van der Waals surface area contributed by atoms with E-state index < -0.39 is 0 Å². The third-order valence-corrected chi connectivity index (χ3v) is 3.59. The van der Waals surface area contributed by atoms with E-state index in [1.807, 2.05) is 36.4 Å². The van der Waals surface area contributed by atoms with Gasteiger partial charge >= 0.3 is 0 Å². The molecule has 0 fully saturated rings. The number of para-hydroxylation sites is 1. The van der Waals surface area contributed by atoms with Crippen molar-refractivity contribution in [1.29, 1.82) is 0 Å². The van der Waals surface area contributed by atoms with Crippen molar-refractivity contribution in [2.45, 2.75) is 11.8 Å². The summed E-state index contributed by atoms with van der Waals surface area (Å²) in [6.07, 6.45) is 5.92. The fourth-order valence-corrected chi connectivity index (χ4v) is 2.70. The van der Waals surface area contributed by atoms with Gasteiger partial charge in [0.25, 0.3) is 0 Å². The van der Waals surface area contributed by atoms with E-state index in [2.05, 4.69) is 18.7 Å². The molecule has 0 saturated heterocycles. The highest BCUT2D eigenvalue weighted by molar-refractivity contribution is 8.03. The average Bonchev–Trinajstić information content (AvgIpc) is 2.49. The van der Waals surface area contributed by atoms with Gasteiger partial charge < -0.3 is 4.74 Å². The molecule has 1 aliphatic carbocycles. The molecule has 0 unspecified atom stereocenters. The zero-order chi connectivity index (χ0) is 11.0. The Hall–Kier alpha value is -1.63. The second kappa shape index (κ2) is 3.75. The number of hydrogen-bond donors (Lipinski definition) is 0. The van der Waals surface area contributed by atoms with Crippen LogP contribution in [0.3, 0.4) is 0 Å². The van der Waals surface area contributed by atoms with Crippen LogP contribution in [0.5, 0.6) is 5.75 Å². The van der Waals surface area contributed by atoms with Crippen molar-refractivity contribution in [1.82, 2.24) is 0 Å². The number of fused-ring (bicyclic) bond motifs is 1. The fraction of sp³-hybridized carbons (Fsp3) is 0.0714. The van der Waals surface area contributed by atoms with Crippen molar-refractivity contribution in [3.05, 3.63) is 64.5 Å². The van der Waals surface area contributed by atoms with Gasteiger partial charge in [0.2, 0.25) is 0 Å². The van der Waals surface area contributed by atoms with Crippen molar-refractivity contribution in [3.63, 3.8) is 0 Å². The Labute approximate surface area is 98.8 Å². The van der Waals surface area contributed by atoms with Gasteiger partial charge in [-0.05, 0) is 42.9 Å². The molecule has 3 rings (SSSR count). The van der Waals surface area contributed by atoms with E-state index in [1.165, 1.54) is 0 Å². The van der Waals surface area contributed by atoms with Gasteiger partial charge in [-0.2, -0.15) is 0 Å². The zero-order valence-corrected chi connectivity index (χ0v) is 9.67. The predicted octanol–water partition coefficient (Wildman–Crippen LogP) is 4.05. The molecule has 2 heteroatoms. The molecule has 0 bridgehead atoms. The number of benzene rings is 1. The third-order valence-electron chi connectivity index (χ3n) is 2.51. The molecule has 0 saturated carbocycles. The van der Waals surface area contributed by atoms with Gasteiger partial charge in [0.15, 0.2) is 0 Å². The van der Waals surface area contributed by atoms with Gasteiger partial charge in [0, 0.05) is 0 Å². The van der Waals surface area contributed by atoms with Gasteiger partial charge in [0.1, 0.15) is 11.5 Å². The highest BCUT2D eigenvalue weighted by Gasteiger charge is 2.20. The Balaban J connectivity index is 2.11. The van der Waals surface area contributed by atoms with E-state index in [9.17, 15) is 0 Å². The van der Waals surface area contributed by atoms with Crippen LogP contribution in [0.15, 0.2) is 69.4 Å². The van der Waals surface area contributed by atoms with E-state index in [0.717, 1.165) is 26.9 Å². The number of rotatable bonds is 0. The van der Waals surface area contributed by atoms with Crippen LogP contribution in [0.2, 0.25) is 0 Å². The van der Waals surface area contributed by atoms with E-state index in [0.29, 0.717) is 0 Å². The molecule has 0 atom stereocenters. The minimum absolute atomic E-state index is 0.939. The smallest absolute Gasteiger partial charge is 0.144 e. The lowest BCUT2D eigenvalue weighted by Crippen LogP contribution is -2.04. The highest BCUT2D eigenvalue weighted by Crippen LogP contribution is 2.43. The first kappa shape index (κ1) is 9.59. The normalized spacial score (nSPS) is 17.2. The first-order valence-corrected chi connectivity index (χ1v) is 5.95. The van der Waals surface area contributed by atoms with Crippen molar-refractivity contribution in [2.24, 2.45) is 0 Å². The molecule has 78 valence electrons. The van der Waals surface area contributed by atoms with Gasteiger partial charge in [0.05, 0.1) is 9.80 Å². The Morgan fingerprint density at radius 2 is 2.12 bits per heavy atom. The Kier molecular flexibility index (Phi) is 2.24. The van der Waals surface area contributed by atoms with Crippen LogP contribution in [-0.2, 0) is 0 Å². The molecular formula is C14H10OS. The highest BCUT2D eigenvalue weighted by atomic mass is 32.2. The largest absolute Gasteiger partial charge is 0.455 e. The Morgan fingerprint density at radius 3 is 3.06 bits per heavy atom. The molecule has 0 aromatic heterocycles. The number of allylic oxidation sites excluding steroid dienone is 3. The minimum atomic E-state index is 0.939. The molecule has 1 aliphatic heterocycles. The average molecular weight is 226 g/mol. The summed E-state index contributed by atoms with van der Waals surface area (Å²) in [4.78, 5) is 2.29. The van der Waals surface area contributed by atoms with Crippen LogP contribution >= 0.6 is 11.8 Å². The molecule has 2 aliphatic rings. The summed E-state index contributed by atoms with van der Waals surface area (Å²) in [6, 6.07) is 8.10. The van der Waals surface area contributed by atoms with E-state index in [4.69, 9.17) is 4.74 Å². The summed E-state index contributed by atoms with van der Waals surface area (Å²) in [5, 5.41) is 0. The maximum absolute atomic E-state index is 5.93. The molecule has 16 heavy (non-hydrogen) atoms. The van der Waals surface area contributed by atoms with E-state index in [-0.39, 0.29) is 0 Å². The van der Waals surface area contributed by atoms with Crippen LogP contribution < -0.4 is 4.74 Å². The Bertz CT molecular complexity index is 545. The zero-order valence-electron chi connectivity index (χ0n) is 8.86. The molecule has 0 amide bonds. The molecule has 1 aromatic carbocycles. The van der Waals surface area contributed by atoms with E-state index >= 15 is 0 Å². The monoisotopic (exact) mass is 226 g/mol. The number of thioether (sulfide) groups is 1. The van der Waals surface area contributed by atoms with Gasteiger partial charge in [-0.1, -0.05) is 23.9 Å². The topological polar surface area (TPSA) is 9.23 Å². The lowest BCUT2D eigenvalue weighted by atomic mass is 10.2. The molecule has 0 N–H and O–H groups in total. The minimum Gasteiger partial charge on any atom is -0.455 e. The summed E-state index contributed by atoms with van der Waals surface area (Å²) >= 11 is 1.73. The van der Waals surface area contributed by atoms with E-state index in [1.54, 1.807) is 11.8 Å². The summed E-state index contributed by atoms with van der Waals surface area (Å²) in [5.41, 5.74) is 4.26. The molecular weight excluding hydrogens is 216 g/mol. The summed E-state index contributed by atoms with van der Waals surface area (Å²) in [6.45, 7) is 2.06. The standard InChI is InChI=1S/C14H10OS/c1-10-6-2-4-9-13-14(10)15-11-7-3-5-8-12(11)16-13/h2-3,5-9H,1H3. The molecule has 1 heterocycles. The second-order valence-corrected chi connectivity index (χ2v) is 4.76. The Morgan fingerprint density at radius 1 is 1.25 bits per heavy atom. The summed E-state index contributed by atoms with van der Waals surface area (Å²) < 4.78 is 5.93. The van der Waals surface area contributed by atoms with Crippen molar-refractivity contribution < 1.29 is 4.74 Å². The SMILES string of the molecule is CC1=CC=C=CC2=C1Oc1ccccc1S2. The maximum atomic E-state index is 5.93. The van der Waals surface area contributed by atoms with Gasteiger partial charge in [-0.15, -0.1) is 5.73 Å². The molecule has 0 spiro atoms. The molecule has 0 radical (unpaired) electrons. The van der Waals surface area contributed by atoms with Gasteiger partial charge in [-0.25, -0.2) is 0 Å². The van der Waals surface area contributed by atoms with Gasteiger partial charge in [-0.3, -0.25) is 0 Å². The van der Waals surface area contributed by atoms with Crippen LogP contribution in [-0.4, -0.2) is 0 Å². The third kappa shape index (κ3) is 1.53. The second-order valence-electron chi connectivity index (χ2n) is 3.67. The molecule has 1 aromatic rings. The lowest BCUT2D eigenvalue weighted by molar-refractivity contribution is 0.421. The van der Waals surface area contributed by atoms with Crippen molar-refractivity contribution in [3.8, 4) is 5.75 Å². The lowest BCUT2D eigenvalue weighted by Gasteiger charge is -2.20. The maximum Gasteiger partial charge on any atom is 0.144 e. The quantitative estimate of drug-likeness (QED) is 0.617. The van der Waals surface area contributed by atoms with Crippen LogP contribution in [0.25, 0.3) is 0 Å². The van der Waals surface area contributed by atoms with Crippen LogP contribution in [0, 0.1) is 0 Å². The fourth-order valence-electron chi connectivity index (χ4n) is 1.69. The van der Waals surface area contributed by atoms with Crippen molar-refractivity contribution in [2.75, 3.05) is 0 Å². The first-order valence-electron chi connectivity index (χ1n) is 5.13. The first-order chi connectivity index (χ1) is 7.84. The van der Waals surface area contributed by atoms with Crippen LogP contribution in [0.1, 0.15) is 6.92 Å². The predicted molar refractivity (Wildman–Crippen MR) is 66.4 cm³/mol. The summed E-state index contributed by atoms with van der Waals surface area (Å²) in [5.74, 6) is 1.89. The number of ether oxygens (including phenoxy) is 1. The number of hydrogen-bond acceptors (Lipinski definition) is 2. The van der Waals surface area contributed by atoms with Crippen LogP contribution in [0.4, 0.5) is 0 Å². The van der Waals surface area contributed by atoms with Crippen molar-refractivity contribution >= 4 is 11.8 Å².